The number of hydrogen-bond acceptors (Lipinski definition) is 4. The number of Topliss-reactive ketones (excluding diaryl/α,β-unsaturated/α-hetero) is 1. The third-order valence-corrected chi connectivity index (χ3v) is 5.12. The van der Waals surface area contributed by atoms with Crippen molar-refractivity contribution >= 4 is 22.6 Å². The number of ketones is 1. The molecule has 1 aromatic heterocycles. The quantitative estimate of drug-likeness (QED) is 0.774. The van der Waals surface area contributed by atoms with Crippen LogP contribution in [0.3, 0.4) is 0 Å². The second-order valence-electron chi connectivity index (χ2n) is 7.76. The van der Waals surface area contributed by atoms with Gasteiger partial charge in [0, 0.05) is 13.1 Å². The Kier molecular flexibility index (Phi) is 4.02. The van der Waals surface area contributed by atoms with Gasteiger partial charge >= 0.3 is 0 Å². The summed E-state index contributed by atoms with van der Waals surface area (Å²) in [5.41, 5.74) is 2.71. The molecule has 0 spiro atoms. The predicted octanol–water partition coefficient (Wildman–Crippen LogP) is 4.24. The summed E-state index contributed by atoms with van der Waals surface area (Å²) < 4.78 is 6.13. The second-order valence-corrected chi connectivity index (χ2v) is 7.76. The van der Waals surface area contributed by atoms with Crippen LogP contribution < -0.4 is 10.3 Å². The van der Waals surface area contributed by atoms with Crippen molar-refractivity contribution in [2.24, 2.45) is 5.41 Å². The van der Waals surface area contributed by atoms with E-state index in [2.05, 4.69) is 18.7 Å². The zero-order valence-electron chi connectivity index (χ0n) is 15.2. The average Bonchev–Trinajstić information content (AvgIpc) is 2.51. The molecule has 128 valence electrons. The van der Waals surface area contributed by atoms with Crippen LogP contribution in [0.5, 0.6) is 0 Å². The Labute approximate surface area is 142 Å². The highest BCUT2D eigenvalue weighted by atomic mass is 16.4. The number of carbonyl (C=O) groups excluding carboxylic acids is 1. The summed E-state index contributed by atoms with van der Waals surface area (Å²) in [6.45, 7) is 11.5. The molecule has 4 heteroatoms. The molecule has 1 fully saturated rings. The van der Waals surface area contributed by atoms with Crippen LogP contribution in [0.4, 0.5) is 5.88 Å². The molecule has 4 nitrogen and oxygen atoms in total. The van der Waals surface area contributed by atoms with Crippen LogP contribution in [-0.4, -0.2) is 18.9 Å². The van der Waals surface area contributed by atoms with E-state index in [1.165, 1.54) is 6.92 Å². The fourth-order valence-corrected chi connectivity index (χ4v) is 3.40. The molecule has 0 amide bonds. The van der Waals surface area contributed by atoms with Crippen molar-refractivity contribution in [2.45, 2.75) is 47.5 Å². The first kappa shape index (κ1) is 16.7. The standard InChI is InChI=1S/C20H25NO3/c1-12-10-15(14(3)22)18-16(11-12)17(23)13(2)19(24-18)21-8-6-20(4,5)7-9-21/h10-11H,6-9H2,1-5H3. The van der Waals surface area contributed by atoms with E-state index in [1.807, 2.05) is 19.9 Å². The molecule has 1 aromatic carbocycles. The number of aryl methyl sites for hydroxylation is 1. The molecule has 0 radical (unpaired) electrons. The molecule has 0 aliphatic carbocycles. The monoisotopic (exact) mass is 327 g/mol. The zero-order valence-corrected chi connectivity index (χ0v) is 15.2. The Hall–Kier alpha value is -2.10. The fourth-order valence-electron chi connectivity index (χ4n) is 3.40. The SMILES string of the molecule is CC(=O)c1cc(C)cc2c(=O)c(C)c(N3CCC(C)(C)CC3)oc12. The van der Waals surface area contributed by atoms with Crippen molar-refractivity contribution in [1.82, 2.24) is 0 Å². The molecule has 24 heavy (non-hydrogen) atoms. The Morgan fingerprint density at radius 3 is 2.38 bits per heavy atom. The Bertz CT molecular complexity index is 867. The number of nitrogens with zero attached hydrogens (tertiary/aromatic N) is 1. The van der Waals surface area contributed by atoms with E-state index in [0.717, 1.165) is 31.5 Å². The summed E-state index contributed by atoms with van der Waals surface area (Å²) in [7, 11) is 0. The highest BCUT2D eigenvalue weighted by Gasteiger charge is 2.28. The minimum atomic E-state index is -0.0820. The van der Waals surface area contributed by atoms with Gasteiger partial charge in [-0.2, -0.15) is 0 Å². The number of benzene rings is 1. The highest BCUT2D eigenvalue weighted by molar-refractivity contribution is 6.05. The Morgan fingerprint density at radius 1 is 1.17 bits per heavy atom. The molecule has 0 N–H and O–H groups in total. The van der Waals surface area contributed by atoms with E-state index < -0.39 is 0 Å². The van der Waals surface area contributed by atoms with E-state index in [4.69, 9.17) is 4.42 Å². The van der Waals surface area contributed by atoms with Crippen molar-refractivity contribution in [1.29, 1.82) is 0 Å². The molecule has 1 aliphatic heterocycles. The van der Waals surface area contributed by atoms with Crippen LogP contribution in [0.25, 0.3) is 11.0 Å². The molecule has 0 bridgehead atoms. The number of hydrogen-bond donors (Lipinski definition) is 0. The number of carbonyl (C=O) groups is 1. The summed E-state index contributed by atoms with van der Waals surface area (Å²) in [5, 5.41) is 0.499. The Balaban J connectivity index is 2.18. The van der Waals surface area contributed by atoms with E-state index in [0.29, 0.717) is 33.4 Å². The molecule has 3 rings (SSSR count). The molecule has 0 atom stereocenters. The molecule has 2 heterocycles. The van der Waals surface area contributed by atoms with E-state index in [-0.39, 0.29) is 11.2 Å². The fraction of sp³-hybridized carbons (Fsp3) is 0.500. The predicted molar refractivity (Wildman–Crippen MR) is 97.2 cm³/mol. The van der Waals surface area contributed by atoms with Gasteiger partial charge in [0.05, 0.1) is 16.5 Å². The third kappa shape index (κ3) is 2.85. The van der Waals surface area contributed by atoms with Gasteiger partial charge in [-0.3, -0.25) is 9.59 Å². The van der Waals surface area contributed by atoms with Crippen molar-refractivity contribution < 1.29 is 9.21 Å². The van der Waals surface area contributed by atoms with Gasteiger partial charge in [0.25, 0.3) is 0 Å². The molecule has 0 saturated carbocycles. The van der Waals surface area contributed by atoms with Crippen LogP contribution in [-0.2, 0) is 0 Å². The molecular weight excluding hydrogens is 302 g/mol. The lowest BCUT2D eigenvalue weighted by atomic mass is 9.82. The van der Waals surface area contributed by atoms with E-state index >= 15 is 0 Å². The summed E-state index contributed by atoms with van der Waals surface area (Å²) in [4.78, 5) is 27.0. The van der Waals surface area contributed by atoms with Crippen LogP contribution in [0, 0.1) is 19.3 Å². The maximum Gasteiger partial charge on any atom is 0.202 e. The second kappa shape index (κ2) is 5.76. The van der Waals surface area contributed by atoms with E-state index in [9.17, 15) is 9.59 Å². The molecule has 2 aromatic rings. The summed E-state index contributed by atoms with van der Waals surface area (Å²) in [5.74, 6) is 0.538. The maximum absolute atomic E-state index is 12.8. The molecule has 1 saturated heterocycles. The first-order valence-corrected chi connectivity index (χ1v) is 8.53. The normalized spacial score (nSPS) is 17.3. The minimum Gasteiger partial charge on any atom is -0.439 e. The van der Waals surface area contributed by atoms with Crippen molar-refractivity contribution in [3.05, 3.63) is 39.0 Å². The van der Waals surface area contributed by atoms with Crippen LogP contribution in [0.1, 0.15) is 55.1 Å². The van der Waals surface area contributed by atoms with Gasteiger partial charge in [-0.15, -0.1) is 0 Å². The van der Waals surface area contributed by atoms with Gasteiger partial charge in [-0.05, 0) is 56.7 Å². The number of fused-ring (bicyclic) bond motifs is 1. The van der Waals surface area contributed by atoms with Gasteiger partial charge in [-0.1, -0.05) is 13.8 Å². The Morgan fingerprint density at radius 2 is 1.79 bits per heavy atom. The van der Waals surface area contributed by atoms with Crippen LogP contribution in [0.15, 0.2) is 21.3 Å². The summed E-state index contributed by atoms with van der Waals surface area (Å²) in [6, 6.07) is 3.61. The number of rotatable bonds is 2. The third-order valence-electron chi connectivity index (χ3n) is 5.12. The molecule has 1 aliphatic rings. The number of piperidine rings is 1. The van der Waals surface area contributed by atoms with Crippen molar-refractivity contribution in [3.8, 4) is 0 Å². The first-order chi connectivity index (χ1) is 11.2. The van der Waals surface area contributed by atoms with Gasteiger partial charge in [0.1, 0.15) is 0 Å². The van der Waals surface area contributed by atoms with Gasteiger partial charge in [-0.25, -0.2) is 0 Å². The summed E-state index contributed by atoms with van der Waals surface area (Å²) >= 11 is 0. The summed E-state index contributed by atoms with van der Waals surface area (Å²) in [6.07, 6.45) is 2.11. The lowest BCUT2D eigenvalue weighted by Crippen LogP contribution is -2.38. The molecule has 0 unspecified atom stereocenters. The van der Waals surface area contributed by atoms with Crippen LogP contribution >= 0.6 is 0 Å². The van der Waals surface area contributed by atoms with Crippen molar-refractivity contribution in [3.63, 3.8) is 0 Å². The number of anilines is 1. The van der Waals surface area contributed by atoms with Crippen molar-refractivity contribution in [2.75, 3.05) is 18.0 Å². The maximum atomic E-state index is 12.8. The topological polar surface area (TPSA) is 50.5 Å². The highest BCUT2D eigenvalue weighted by Crippen LogP contribution is 2.34. The lowest BCUT2D eigenvalue weighted by molar-refractivity contribution is 0.101. The minimum absolute atomic E-state index is 0.0396. The molecular formula is C20H25NO3. The smallest absolute Gasteiger partial charge is 0.202 e. The van der Waals surface area contributed by atoms with Gasteiger partial charge < -0.3 is 9.32 Å². The van der Waals surface area contributed by atoms with E-state index in [1.54, 1.807) is 6.07 Å². The first-order valence-electron chi connectivity index (χ1n) is 8.53. The van der Waals surface area contributed by atoms with Gasteiger partial charge in [0.15, 0.2) is 16.8 Å². The lowest BCUT2D eigenvalue weighted by Gasteiger charge is -2.37. The van der Waals surface area contributed by atoms with Crippen LogP contribution in [0.2, 0.25) is 0 Å². The van der Waals surface area contributed by atoms with Gasteiger partial charge in [0.2, 0.25) is 5.88 Å². The zero-order chi connectivity index (χ0) is 17.6. The largest absolute Gasteiger partial charge is 0.439 e. The average molecular weight is 327 g/mol.